The number of aryl methyl sites for hydroxylation is 1. The number of anilines is 1. The Morgan fingerprint density at radius 2 is 2.03 bits per heavy atom. The van der Waals surface area contributed by atoms with Gasteiger partial charge in [-0.05, 0) is 61.8 Å². The highest BCUT2D eigenvalue weighted by atomic mass is 19.1. The van der Waals surface area contributed by atoms with Crippen LogP contribution in [0.4, 0.5) is 10.2 Å². The van der Waals surface area contributed by atoms with E-state index in [1.807, 2.05) is 25.1 Å². The van der Waals surface area contributed by atoms with Crippen molar-refractivity contribution in [3.63, 3.8) is 0 Å². The number of fused-ring (bicyclic) bond motifs is 2. The maximum Gasteiger partial charge on any atom is 0.301 e. The lowest BCUT2D eigenvalue weighted by Crippen LogP contribution is -2.46. The minimum absolute atomic E-state index is 0.0368. The molecule has 31 heavy (non-hydrogen) atoms. The Morgan fingerprint density at radius 3 is 2.74 bits per heavy atom. The molecule has 0 amide bonds. The normalized spacial score (nSPS) is 24.9. The number of imidazole rings is 1. The molecule has 1 N–H and O–H groups in total. The van der Waals surface area contributed by atoms with E-state index in [0.717, 1.165) is 25.7 Å². The third kappa shape index (κ3) is 3.71. The molecule has 162 valence electrons. The van der Waals surface area contributed by atoms with E-state index in [4.69, 9.17) is 4.74 Å². The van der Waals surface area contributed by atoms with Gasteiger partial charge in [0.2, 0.25) is 0 Å². The summed E-state index contributed by atoms with van der Waals surface area (Å²) in [4.78, 5) is 6.04. The number of phenols is 1. The van der Waals surface area contributed by atoms with Crippen molar-refractivity contribution in [1.29, 1.82) is 0 Å². The highest BCUT2D eigenvalue weighted by Crippen LogP contribution is 2.45. The number of aromatic hydroxyl groups is 1. The molecule has 4 atom stereocenters. The Morgan fingerprint density at radius 1 is 1.16 bits per heavy atom. The second-order valence-corrected chi connectivity index (χ2v) is 8.68. The molecule has 0 spiro atoms. The van der Waals surface area contributed by atoms with Gasteiger partial charge in [0.25, 0.3) is 0 Å². The van der Waals surface area contributed by atoms with Gasteiger partial charge in [-0.15, -0.1) is 10.2 Å². The molecular formula is C23H26FN5O2. The molecule has 0 radical (unpaired) electrons. The van der Waals surface area contributed by atoms with Crippen molar-refractivity contribution in [3.05, 3.63) is 42.7 Å². The van der Waals surface area contributed by atoms with Gasteiger partial charge in [0.1, 0.15) is 17.7 Å². The molecule has 7 nitrogen and oxygen atoms in total. The fourth-order valence-electron chi connectivity index (χ4n) is 4.95. The molecule has 2 bridgehead atoms. The molecule has 2 fully saturated rings. The van der Waals surface area contributed by atoms with E-state index < -0.39 is 6.17 Å². The third-order valence-electron chi connectivity index (χ3n) is 6.72. The van der Waals surface area contributed by atoms with Crippen LogP contribution in [-0.4, -0.2) is 44.1 Å². The van der Waals surface area contributed by atoms with Gasteiger partial charge in [-0.1, -0.05) is 0 Å². The van der Waals surface area contributed by atoms with Crippen LogP contribution in [0.25, 0.3) is 11.3 Å². The predicted molar refractivity (Wildman–Crippen MR) is 115 cm³/mol. The van der Waals surface area contributed by atoms with Crippen molar-refractivity contribution in [2.75, 3.05) is 11.9 Å². The van der Waals surface area contributed by atoms with Crippen LogP contribution in [0.3, 0.4) is 0 Å². The minimum Gasteiger partial charge on any atom is -0.507 e. The number of hydrogen-bond acceptors (Lipinski definition) is 6. The molecule has 1 aromatic carbocycles. The fourth-order valence-corrected chi connectivity index (χ4v) is 4.95. The van der Waals surface area contributed by atoms with Crippen LogP contribution in [0.1, 0.15) is 25.7 Å². The number of phenolic OH excluding ortho intramolecular Hbond substituents is 1. The number of halogens is 1. The maximum atomic E-state index is 14.9. The zero-order valence-electron chi connectivity index (χ0n) is 17.6. The van der Waals surface area contributed by atoms with Gasteiger partial charge < -0.3 is 19.3 Å². The summed E-state index contributed by atoms with van der Waals surface area (Å²) in [6.07, 6.45) is 6.63. The summed E-state index contributed by atoms with van der Waals surface area (Å²) in [5, 5.41) is 19.1. The highest BCUT2D eigenvalue weighted by molar-refractivity contribution is 5.68. The molecule has 0 unspecified atom stereocenters. The molecule has 2 saturated carbocycles. The summed E-state index contributed by atoms with van der Waals surface area (Å²) < 4.78 is 22.4. The van der Waals surface area contributed by atoms with Crippen molar-refractivity contribution < 1.29 is 14.2 Å². The first-order chi connectivity index (χ1) is 15.0. The zero-order valence-corrected chi connectivity index (χ0v) is 17.6. The van der Waals surface area contributed by atoms with E-state index in [2.05, 4.69) is 15.2 Å². The molecule has 3 aromatic rings. The van der Waals surface area contributed by atoms with Gasteiger partial charge >= 0.3 is 6.01 Å². The lowest BCUT2D eigenvalue weighted by molar-refractivity contribution is 0.144. The SMILES string of the molecule is CN(c1ccc(-c2ccc(Oc3nccn3C)cc2O)nn1)[C@@H]1C[C@H]2CC[C@H](C2)[C@@H]1F. The number of ether oxygens (including phenoxy) is 1. The lowest BCUT2D eigenvalue weighted by Gasteiger charge is -2.38. The number of hydrogen-bond donors (Lipinski definition) is 1. The third-order valence-corrected chi connectivity index (χ3v) is 6.72. The average Bonchev–Trinajstić information content (AvgIpc) is 3.37. The standard InChI is InChI=1S/C23H26FN5O2/c1-28-10-9-25-23(28)31-16-5-6-17(20(30)13-16)18-7-8-21(27-26-18)29(2)19-12-14-3-4-15(11-14)22(19)24/h5-10,13-15,19,22,30H,3-4,11-12H2,1-2H3/t14-,15+,19+,22-/m0/s1. The van der Waals surface area contributed by atoms with Crippen LogP contribution in [0.5, 0.6) is 17.5 Å². The van der Waals surface area contributed by atoms with E-state index in [-0.39, 0.29) is 17.7 Å². The summed E-state index contributed by atoms with van der Waals surface area (Å²) in [5.41, 5.74) is 1.09. The van der Waals surface area contributed by atoms with E-state index in [0.29, 0.717) is 34.8 Å². The first-order valence-electron chi connectivity index (χ1n) is 10.7. The second kappa shape index (κ2) is 7.83. The molecule has 2 aliphatic rings. The quantitative estimate of drug-likeness (QED) is 0.658. The molecular weight excluding hydrogens is 397 g/mol. The maximum absolute atomic E-state index is 14.9. The van der Waals surface area contributed by atoms with Crippen LogP contribution in [0, 0.1) is 11.8 Å². The Labute approximate surface area is 180 Å². The van der Waals surface area contributed by atoms with Gasteiger partial charge in [-0.2, -0.15) is 0 Å². The van der Waals surface area contributed by atoms with E-state index in [9.17, 15) is 9.50 Å². The molecule has 0 saturated heterocycles. The largest absolute Gasteiger partial charge is 0.507 e. The van der Waals surface area contributed by atoms with Crippen LogP contribution in [-0.2, 0) is 7.05 Å². The summed E-state index contributed by atoms with van der Waals surface area (Å²) in [6.45, 7) is 0. The first-order valence-corrected chi connectivity index (χ1v) is 10.7. The number of aromatic nitrogens is 4. The van der Waals surface area contributed by atoms with Crippen molar-refractivity contribution >= 4 is 5.82 Å². The van der Waals surface area contributed by atoms with E-state index in [1.54, 1.807) is 35.2 Å². The number of nitrogens with zero attached hydrogens (tertiary/aromatic N) is 5. The highest BCUT2D eigenvalue weighted by Gasteiger charge is 2.44. The van der Waals surface area contributed by atoms with Crippen molar-refractivity contribution in [2.45, 2.75) is 37.9 Å². The molecule has 2 aromatic heterocycles. The minimum atomic E-state index is -0.819. The fraction of sp³-hybridized carbons (Fsp3) is 0.435. The molecule has 2 aliphatic carbocycles. The van der Waals surface area contributed by atoms with Crippen LogP contribution in [0.2, 0.25) is 0 Å². The number of rotatable bonds is 5. The Kier molecular flexibility index (Phi) is 5.00. The molecule has 8 heteroatoms. The zero-order chi connectivity index (χ0) is 21.5. The number of alkyl halides is 1. The Hall–Kier alpha value is -3.16. The van der Waals surface area contributed by atoms with E-state index >= 15 is 0 Å². The summed E-state index contributed by atoms with van der Waals surface area (Å²) in [6, 6.07) is 8.93. The van der Waals surface area contributed by atoms with Crippen LogP contribution < -0.4 is 9.64 Å². The Balaban J connectivity index is 1.32. The Bertz CT molecular complexity index is 1070. The summed E-state index contributed by atoms with van der Waals surface area (Å²) in [7, 11) is 3.72. The predicted octanol–water partition coefficient (Wildman–Crippen LogP) is 4.34. The summed E-state index contributed by atoms with van der Waals surface area (Å²) >= 11 is 0. The molecule has 2 heterocycles. The summed E-state index contributed by atoms with van der Waals surface area (Å²) in [5.74, 6) is 1.96. The average molecular weight is 423 g/mol. The lowest BCUT2D eigenvalue weighted by atomic mass is 9.83. The first kappa shape index (κ1) is 19.8. The van der Waals surface area contributed by atoms with Crippen molar-refractivity contribution in [1.82, 2.24) is 19.7 Å². The van der Waals surface area contributed by atoms with Gasteiger partial charge in [-0.25, -0.2) is 9.37 Å². The van der Waals surface area contributed by atoms with Gasteiger partial charge in [0, 0.05) is 38.1 Å². The van der Waals surface area contributed by atoms with Gasteiger partial charge in [-0.3, -0.25) is 0 Å². The van der Waals surface area contributed by atoms with Gasteiger partial charge in [0.15, 0.2) is 5.82 Å². The molecule has 5 rings (SSSR count). The number of benzene rings is 1. The van der Waals surface area contributed by atoms with Crippen molar-refractivity contribution in [2.24, 2.45) is 18.9 Å². The molecule has 0 aliphatic heterocycles. The van der Waals surface area contributed by atoms with Crippen LogP contribution >= 0.6 is 0 Å². The van der Waals surface area contributed by atoms with Crippen LogP contribution in [0.15, 0.2) is 42.7 Å². The van der Waals surface area contributed by atoms with Crippen molar-refractivity contribution in [3.8, 4) is 28.8 Å². The topological polar surface area (TPSA) is 76.3 Å². The van der Waals surface area contributed by atoms with E-state index in [1.165, 1.54) is 6.07 Å². The smallest absolute Gasteiger partial charge is 0.301 e. The van der Waals surface area contributed by atoms with Gasteiger partial charge in [0.05, 0.1) is 11.7 Å². The second-order valence-electron chi connectivity index (χ2n) is 8.68. The monoisotopic (exact) mass is 423 g/mol.